The van der Waals surface area contributed by atoms with Gasteiger partial charge < -0.3 is 9.84 Å². The van der Waals surface area contributed by atoms with Crippen LogP contribution in [0.2, 0.25) is 0 Å². The summed E-state index contributed by atoms with van der Waals surface area (Å²) in [5, 5.41) is 9.27. The fourth-order valence-corrected chi connectivity index (χ4v) is 1.43. The Morgan fingerprint density at radius 2 is 2.07 bits per heavy atom. The maximum atomic E-state index is 9.27. The Bertz CT molecular complexity index is 286. The summed E-state index contributed by atoms with van der Waals surface area (Å²) >= 11 is 4.00. The maximum absolute atomic E-state index is 9.27. The molecule has 0 amide bonds. The summed E-state index contributed by atoms with van der Waals surface area (Å²) in [6.07, 6.45) is 0.773. The van der Waals surface area contributed by atoms with Gasteiger partial charge in [0, 0.05) is 0 Å². The van der Waals surface area contributed by atoms with Gasteiger partial charge in [-0.3, -0.25) is 0 Å². The van der Waals surface area contributed by atoms with Crippen LogP contribution in [0.4, 0.5) is 0 Å². The SMILES string of the molecule is COc1ccccc1CC(C)[C@@H](O)S. The highest BCUT2D eigenvalue weighted by atomic mass is 32.1. The molecule has 0 aliphatic carbocycles. The molecule has 14 heavy (non-hydrogen) atoms. The molecule has 78 valence electrons. The Hall–Kier alpha value is -0.670. The van der Waals surface area contributed by atoms with Gasteiger partial charge in [-0.05, 0) is 24.0 Å². The molecule has 1 unspecified atom stereocenters. The Morgan fingerprint density at radius 3 is 2.64 bits per heavy atom. The van der Waals surface area contributed by atoms with Gasteiger partial charge in [-0.1, -0.05) is 25.1 Å². The number of aliphatic hydroxyl groups is 1. The zero-order chi connectivity index (χ0) is 10.6. The number of hydrogen-bond acceptors (Lipinski definition) is 3. The minimum absolute atomic E-state index is 0.120. The molecule has 0 saturated carbocycles. The standard InChI is InChI=1S/C11H16O2S/c1-8(11(12)14)7-9-5-3-4-6-10(9)13-2/h3-6,8,11-12,14H,7H2,1-2H3/t8?,11-/m0/s1. The van der Waals surface area contributed by atoms with Crippen LogP contribution in [0.25, 0.3) is 0 Å². The number of aliphatic hydroxyl groups excluding tert-OH is 1. The molecule has 0 saturated heterocycles. The quantitative estimate of drug-likeness (QED) is 0.591. The van der Waals surface area contributed by atoms with Crippen molar-refractivity contribution in [3.05, 3.63) is 29.8 Å². The van der Waals surface area contributed by atoms with Crippen molar-refractivity contribution in [2.75, 3.05) is 7.11 Å². The molecule has 1 aromatic carbocycles. The van der Waals surface area contributed by atoms with Crippen LogP contribution in [-0.4, -0.2) is 17.7 Å². The molecule has 0 aliphatic rings. The topological polar surface area (TPSA) is 29.5 Å². The summed E-state index contributed by atoms with van der Waals surface area (Å²) < 4.78 is 5.22. The average Bonchev–Trinajstić information content (AvgIpc) is 2.18. The van der Waals surface area contributed by atoms with Crippen molar-refractivity contribution in [3.63, 3.8) is 0 Å². The van der Waals surface area contributed by atoms with E-state index in [0.717, 1.165) is 17.7 Å². The number of hydrogen-bond donors (Lipinski definition) is 2. The van der Waals surface area contributed by atoms with E-state index in [-0.39, 0.29) is 5.92 Å². The van der Waals surface area contributed by atoms with Crippen molar-refractivity contribution in [1.82, 2.24) is 0 Å². The largest absolute Gasteiger partial charge is 0.496 e. The lowest BCUT2D eigenvalue weighted by molar-refractivity contribution is 0.203. The van der Waals surface area contributed by atoms with Crippen molar-refractivity contribution in [3.8, 4) is 5.75 Å². The van der Waals surface area contributed by atoms with Crippen molar-refractivity contribution >= 4 is 12.6 Å². The summed E-state index contributed by atoms with van der Waals surface area (Å²) in [4.78, 5) is 0. The van der Waals surface area contributed by atoms with Gasteiger partial charge in [0.15, 0.2) is 0 Å². The first-order chi connectivity index (χ1) is 6.65. The molecule has 0 fully saturated rings. The smallest absolute Gasteiger partial charge is 0.122 e. The van der Waals surface area contributed by atoms with E-state index in [1.54, 1.807) is 7.11 Å². The predicted octanol–water partition coefficient (Wildman–Crippen LogP) is 2.12. The maximum Gasteiger partial charge on any atom is 0.122 e. The van der Waals surface area contributed by atoms with E-state index in [2.05, 4.69) is 12.6 Å². The Balaban J connectivity index is 2.75. The first-order valence-corrected chi connectivity index (χ1v) is 5.15. The third-order valence-electron chi connectivity index (χ3n) is 2.24. The molecule has 0 radical (unpaired) electrons. The van der Waals surface area contributed by atoms with E-state index in [1.165, 1.54) is 0 Å². The van der Waals surface area contributed by atoms with Crippen molar-refractivity contribution in [2.45, 2.75) is 18.8 Å². The van der Waals surface area contributed by atoms with Gasteiger partial charge in [0.1, 0.15) is 5.75 Å². The van der Waals surface area contributed by atoms with Gasteiger partial charge in [0.2, 0.25) is 0 Å². The zero-order valence-electron chi connectivity index (χ0n) is 8.47. The first-order valence-electron chi connectivity index (χ1n) is 4.63. The average molecular weight is 212 g/mol. The molecule has 1 aromatic rings. The molecule has 1 rings (SSSR count). The van der Waals surface area contributed by atoms with E-state index in [1.807, 2.05) is 31.2 Å². The second-order valence-electron chi connectivity index (χ2n) is 3.41. The van der Waals surface area contributed by atoms with Crippen molar-refractivity contribution < 1.29 is 9.84 Å². The van der Waals surface area contributed by atoms with Crippen LogP contribution in [0, 0.1) is 5.92 Å². The van der Waals surface area contributed by atoms with E-state index < -0.39 is 5.44 Å². The Kier molecular flexibility index (Phi) is 4.29. The van der Waals surface area contributed by atoms with Crippen molar-refractivity contribution in [1.29, 1.82) is 0 Å². The summed E-state index contributed by atoms with van der Waals surface area (Å²) in [5.41, 5.74) is 0.524. The third kappa shape index (κ3) is 2.93. The lowest BCUT2D eigenvalue weighted by Crippen LogP contribution is -2.13. The Labute approximate surface area is 90.3 Å². The fraction of sp³-hybridized carbons (Fsp3) is 0.455. The molecule has 2 nitrogen and oxygen atoms in total. The first kappa shape index (κ1) is 11.4. The second-order valence-corrected chi connectivity index (χ2v) is 3.94. The van der Waals surface area contributed by atoms with Crippen LogP contribution in [-0.2, 0) is 6.42 Å². The molecule has 0 heterocycles. The number of thiol groups is 1. The van der Waals surface area contributed by atoms with Crippen LogP contribution in [0.1, 0.15) is 12.5 Å². The lowest BCUT2D eigenvalue weighted by atomic mass is 10.0. The summed E-state index contributed by atoms with van der Waals surface area (Å²) in [6.45, 7) is 1.96. The van der Waals surface area contributed by atoms with Crippen LogP contribution in [0.3, 0.4) is 0 Å². The number of ether oxygens (including phenoxy) is 1. The van der Waals surface area contributed by atoms with E-state index in [0.29, 0.717) is 0 Å². The molecule has 3 heteroatoms. The molecule has 2 atom stereocenters. The van der Waals surface area contributed by atoms with Crippen LogP contribution in [0.15, 0.2) is 24.3 Å². The number of rotatable bonds is 4. The minimum Gasteiger partial charge on any atom is -0.496 e. The highest BCUT2D eigenvalue weighted by Gasteiger charge is 2.12. The van der Waals surface area contributed by atoms with Crippen LogP contribution >= 0.6 is 12.6 Å². The van der Waals surface area contributed by atoms with Gasteiger partial charge in [-0.25, -0.2) is 0 Å². The van der Waals surface area contributed by atoms with E-state index in [9.17, 15) is 5.11 Å². The van der Waals surface area contributed by atoms with Gasteiger partial charge >= 0.3 is 0 Å². The van der Waals surface area contributed by atoms with Gasteiger partial charge in [-0.2, -0.15) is 0 Å². The van der Waals surface area contributed by atoms with Gasteiger partial charge in [-0.15, -0.1) is 12.6 Å². The van der Waals surface area contributed by atoms with E-state index in [4.69, 9.17) is 4.74 Å². The summed E-state index contributed by atoms with van der Waals surface area (Å²) in [5.74, 6) is 0.989. The molecular formula is C11H16O2S. The monoisotopic (exact) mass is 212 g/mol. The summed E-state index contributed by atoms with van der Waals surface area (Å²) in [7, 11) is 1.65. The Morgan fingerprint density at radius 1 is 1.43 bits per heavy atom. The minimum atomic E-state index is -0.583. The number of methoxy groups -OCH3 is 1. The highest BCUT2D eigenvalue weighted by Crippen LogP contribution is 2.22. The fourth-order valence-electron chi connectivity index (χ4n) is 1.32. The molecule has 0 aromatic heterocycles. The number of para-hydroxylation sites is 1. The van der Waals surface area contributed by atoms with Gasteiger partial charge in [0.05, 0.1) is 12.5 Å². The molecule has 0 bridgehead atoms. The van der Waals surface area contributed by atoms with E-state index >= 15 is 0 Å². The predicted molar refractivity (Wildman–Crippen MR) is 60.9 cm³/mol. The third-order valence-corrected chi connectivity index (χ3v) is 2.75. The van der Waals surface area contributed by atoms with Crippen LogP contribution in [0.5, 0.6) is 5.75 Å². The lowest BCUT2D eigenvalue weighted by Gasteiger charge is -2.15. The molecule has 1 N–H and O–H groups in total. The normalized spacial score (nSPS) is 14.9. The second kappa shape index (κ2) is 5.27. The number of benzene rings is 1. The summed E-state index contributed by atoms with van der Waals surface area (Å²) in [6, 6.07) is 7.83. The zero-order valence-corrected chi connectivity index (χ0v) is 9.37. The van der Waals surface area contributed by atoms with Gasteiger partial charge in [0.25, 0.3) is 0 Å². The highest BCUT2D eigenvalue weighted by molar-refractivity contribution is 7.80. The molecular weight excluding hydrogens is 196 g/mol. The molecule has 0 aliphatic heterocycles. The molecule has 0 spiro atoms. The van der Waals surface area contributed by atoms with Crippen LogP contribution < -0.4 is 4.74 Å². The van der Waals surface area contributed by atoms with Crippen molar-refractivity contribution in [2.24, 2.45) is 5.92 Å².